The summed E-state index contributed by atoms with van der Waals surface area (Å²) in [6, 6.07) is 4.16. The first kappa shape index (κ1) is 10.4. The SMILES string of the molecule is O=C(CCCc1cccs1)C1=CCCO1. The summed E-state index contributed by atoms with van der Waals surface area (Å²) < 4.78 is 5.22. The van der Waals surface area contributed by atoms with Gasteiger partial charge in [-0.2, -0.15) is 0 Å². The molecule has 2 rings (SSSR count). The number of allylic oxidation sites excluding steroid dienone is 1. The van der Waals surface area contributed by atoms with Gasteiger partial charge in [-0.3, -0.25) is 4.79 Å². The van der Waals surface area contributed by atoms with E-state index in [9.17, 15) is 4.79 Å². The summed E-state index contributed by atoms with van der Waals surface area (Å²) >= 11 is 1.75. The molecule has 15 heavy (non-hydrogen) atoms. The molecule has 2 nitrogen and oxygen atoms in total. The highest BCUT2D eigenvalue weighted by Gasteiger charge is 2.14. The van der Waals surface area contributed by atoms with Gasteiger partial charge in [0.25, 0.3) is 0 Å². The second kappa shape index (κ2) is 5.12. The molecule has 0 bridgehead atoms. The lowest BCUT2D eigenvalue weighted by molar-refractivity contribution is -0.118. The van der Waals surface area contributed by atoms with E-state index in [2.05, 4.69) is 11.4 Å². The lowest BCUT2D eigenvalue weighted by atomic mass is 10.1. The molecule has 0 aromatic carbocycles. The molecule has 0 saturated heterocycles. The summed E-state index contributed by atoms with van der Waals surface area (Å²) in [7, 11) is 0. The van der Waals surface area contributed by atoms with Crippen molar-refractivity contribution in [2.24, 2.45) is 0 Å². The smallest absolute Gasteiger partial charge is 0.197 e. The van der Waals surface area contributed by atoms with Crippen LogP contribution < -0.4 is 0 Å². The van der Waals surface area contributed by atoms with Crippen LogP contribution >= 0.6 is 11.3 Å². The molecule has 1 aromatic rings. The van der Waals surface area contributed by atoms with Gasteiger partial charge < -0.3 is 4.74 Å². The standard InChI is InChI=1S/C12H14O2S/c13-11(12-7-2-8-14-12)6-1-4-10-5-3-9-15-10/h3,5,7,9H,1-2,4,6,8H2. The molecule has 0 atom stereocenters. The molecule has 1 aliphatic rings. The minimum absolute atomic E-state index is 0.157. The van der Waals surface area contributed by atoms with E-state index in [0.717, 1.165) is 19.3 Å². The Bertz CT molecular complexity index is 352. The number of carbonyl (C=O) groups is 1. The molecule has 0 N–H and O–H groups in total. The third kappa shape index (κ3) is 2.93. The van der Waals surface area contributed by atoms with Crippen LogP contribution in [0.2, 0.25) is 0 Å². The van der Waals surface area contributed by atoms with Crippen molar-refractivity contribution >= 4 is 17.1 Å². The molecular weight excluding hydrogens is 208 g/mol. The zero-order chi connectivity index (χ0) is 10.5. The van der Waals surface area contributed by atoms with Crippen LogP contribution in [0.4, 0.5) is 0 Å². The van der Waals surface area contributed by atoms with Gasteiger partial charge in [-0.15, -0.1) is 11.3 Å². The van der Waals surface area contributed by atoms with Crippen molar-refractivity contribution in [3.63, 3.8) is 0 Å². The summed E-state index contributed by atoms with van der Waals surface area (Å²) in [5.74, 6) is 0.741. The zero-order valence-corrected chi connectivity index (χ0v) is 9.39. The Morgan fingerprint density at radius 2 is 2.47 bits per heavy atom. The predicted molar refractivity (Wildman–Crippen MR) is 60.9 cm³/mol. The summed E-state index contributed by atoms with van der Waals surface area (Å²) in [5, 5.41) is 2.07. The molecule has 2 heterocycles. The van der Waals surface area contributed by atoms with Gasteiger partial charge in [0, 0.05) is 17.7 Å². The number of carbonyl (C=O) groups excluding carboxylic acids is 1. The first-order chi connectivity index (χ1) is 7.36. The van der Waals surface area contributed by atoms with Crippen LogP contribution in [0.15, 0.2) is 29.3 Å². The maximum atomic E-state index is 11.6. The number of aryl methyl sites for hydroxylation is 1. The summed E-state index contributed by atoms with van der Waals surface area (Å²) in [4.78, 5) is 12.9. The fraction of sp³-hybridized carbons (Fsp3) is 0.417. The van der Waals surface area contributed by atoms with Crippen LogP contribution in [0.1, 0.15) is 24.1 Å². The van der Waals surface area contributed by atoms with Crippen molar-refractivity contribution in [3.05, 3.63) is 34.2 Å². The van der Waals surface area contributed by atoms with Gasteiger partial charge in [-0.1, -0.05) is 6.07 Å². The molecule has 3 heteroatoms. The predicted octanol–water partition coefficient (Wildman–Crippen LogP) is 2.94. The largest absolute Gasteiger partial charge is 0.490 e. The monoisotopic (exact) mass is 222 g/mol. The van der Waals surface area contributed by atoms with E-state index in [-0.39, 0.29) is 5.78 Å². The lowest BCUT2D eigenvalue weighted by Crippen LogP contribution is -2.03. The fourth-order valence-electron chi connectivity index (χ4n) is 1.61. The first-order valence-electron chi connectivity index (χ1n) is 5.25. The number of thiophene rings is 1. The molecule has 1 aromatic heterocycles. The number of ether oxygens (including phenoxy) is 1. The second-order valence-corrected chi connectivity index (χ2v) is 4.59. The summed E-state index contributed by atoms with van der Waals surface area (Å²) in [5.41, 5.74) is 0. The maximum absolute atomic E-state index is 11.6. The number of ketones is 1. The van der Waals surface area contributed by atoms with E-state index in [1.807, 2.05) is 12.1 Å². The van der Waals surface area contributed by atoms with E-state index < -0.39 is 0 Å². The quantitative estimate of drug-likeness (QED) is 0.765. The molecule has 1 aliphatic heterocycles. The molecule has 80 valence electrons. The van der Waals surface area contributed by atoms with E-state index >= 15 is 0 Å². The fourth-order valence-corrected chi connectivity index (χ4v) is 2.36. The van der Waals surface area contributed by atoms with Gasteiger partial charge >= 0.3 is 0 Å². The molecular formula is C12H14O2S. The third-order valence-corrected chi connectivity index (χ3v) is 3.32. The van der Waals surface area contributed by atoms with Gasteiger partial charge in [0.15, 0.2) is 11.5 Å². The molecule has 0 aliphatic carbocycles. The normalized spacial score (nSPS) is 14.8. The Labute approximate surface area is 93.6 Å². The third-order valence-electron chi connectivity index (χ3n) is 2.39. The Kier molecular flexibility index (Phi) is 3.56. The van der Waals surface area contributed by atoms with Gasteiger partial charge in [-0.05, 0) is 30.4 Å². The molecule has 0 amide bonds. The van der Waals surface area contributed by atoms with Crippen LogP contribution in [-0.2, 0) is 16.0 Å². The minimum Gasteiger partial charge on any atom is -0.490 e. The summed E-state index contributed by atoms with van der Waals surface area (Å²) in [6.07, 6.45) is 5.29. The molecule has 0 fully saturated rings. The van der Waals surface area contributed by atoms with Gasteiger partial charge in [0.2, 0.25) is 0 Å². The minimum atomic E-state index is 0.157. The maximum Gasteiger partial charge on any atom is 0.197 e. The topological polar surface area (TPSA) is 26.3 Å². The molecule has 0 radical (unpaired) electrons. The number of hydrogen-bond acceptors (Lipinski definition) is 3. The van der Waals surface area contributed by atoms with Crippen LogP contribution in [0, 0.1) is 0 Å². The Hall–Kier alpha value is -1.09. The molecule has 0 unspecified atom stereocenters. The van der Waals surface area contributed by atoms with E-state index in [1.54, 1.807) is 11.3 Å². The van der Waals surface area contributed by atoms with E-state index in [1.165, 1.54) is 4.88 Å². The highest BCUT2D eigenvalue weighted by molar-refractivity contribution is 7.09. The van der Waals surface area contributed by atoms with Crippen LogP contribution in [0.5, 0.6) is 0 Å². The van der Waals surface area contributed by atoms with E-state index in [4.69, 9.17) is 4.74 Å². The highest BCUT2D eigenvalue weighted by Crippen LogP contribution is 2.16. The van der Waals surface area contributed by atoms with Crippen molar-refractivity contribution in [1.29, 1.82) is 0 Å². The number of Topliss-reactive ketones (excluding diaryl/α,β-unsaturated/α-hetero) is 1. The molecule has 0 saturated carbocycles. The average molecular weight is 222 g/mol. The number of hydrogen-bond donors (Lipinski definition) is 0. The lowest BCUT2D eigenvalue weighted by Gasteiger charge is -2.01. The van der Waals surface area contributed by atoms with Gasteiger partial charge in [-0.25, -0.2) is 0 Å². The van der Waals surface area contributed by atoms with Crippen LogP contribution in [0.3, 0.4) is 0 Å². The van der Waals surface area contributed by atoms with Crippen molar-refractivity contribution in [2.75, 3.05) is 6.61 Å². The highest BCUT2D eigenvalue weighted by atomic mass is 32.1. The Morgan fingerprint density at radius 3 is 3.13 bits per heavy atom. The zero-order valence-electron chi connectivity index (χ0n) is 8.57. The van der Waals surface area contributed by atoms with Crippen LogP contribution in [-0.4, -0.2) is 12.4 Å². The molecule has 0 spiro atoms. The van der Waals surface area contributed by atoms with E-state index in [0.29, 0.717) is 18.8 Å². The summed E-state index contributed by atoms with van der Waals surface area (Å²) in [6.45, 7) is 0.673. The van der Waals surface area contributed by atoms with Crippen molar-refractivity contribution < 1.29 is 9.53 Å². The first-order valence-corrected chi connectivity index (χ1v) is 6.13. The Balaban J connectivity index is 1.72. The van der Waals surface area contributed by atoms with Crippen molar-refractivity contribution in [3.8, 4) is 0 Å². The second-order valence-electron chi connectivity index (χ2n) is 3.56. The average Bonchev–Trinajstić information content (AvgIpc) is 2.90. The van der Waals surface area contributed by atoms with Crippen LogP contribution in [0.25, 0.3) is 0 Å². The van der Waals surface area contributed by atoms with Crippen molar-refractivity contribution in [2.45, 2.75) is 25.7 Å². The number of rotatable bonds is 5. The van der Waals surface area contributed by atoms with Gasteiger partial charge in [0.05, 0.1) is 6.61 Å². The van der Waals surface area contributed by atoms with Gasteiger partial charge in [0.1, 0.15) is 0 Å². The Morgan fingerprint density at radius 1 is 1.53 bits per heavy atom. The van der Waals surface area contributed by atoms with Crippen molar-refractivity contribution in [1.82, 2.24) is 0 Å².